The van der Waals surface area contributed by atoms with Gasteiger partial charge in [-0.05, 0) is 31.2 Å². The van der Waals surface area contributed by atoms with Gasteiger partial charge in [-0.3, -0.25) is 4.79 Å². The lowest BCUT2D eigenvalue weighted by Crippen LogP contribution is -2.41. The number of nitrogens with two attached hydrogens (primary N) is 1. The molecule has 0 bridgehead atoms. The average molecular weight is 274 g/mol. The molecule has 1 saturated heterocycles. The molecule has 0 radical (unpaired) electrons. The van der Waals surface area contributed by atoms with Crippen LogP contribution in [0.2, 0.25) is 0 Å². The van der Waals surface area contributed by atoms with Crippen LogP contribution in [0.5, 0.6) is 0 Å². The Balaban J connectivity index is 2.17. The first kappa shape index (κ1) is 14.4. The van der Waals surface area contributed by atoms with Gasteiger partial charge in [0.2, 0.25) is 5.91 Å². The number of nitriles is 1. The van der Waals surface area contributed by atoms with Crippen molar-refractivity contribution >= 4 is 11.6 Å². The Labute approximate surface area is 120 Å². The molecular formula is C15H22N4O. The zero-order valence-corrected chi connectivity index (χ0v) is 12.2. The minimum atomic E-state index is 0.0818. The van der Waals surface area contributed by atoms with E-state index in [4.69, 9.17) is 11.0 Å². The van der Waals surface area contributed by atoms with E-state index in [0.717, 1.165) is 31.6 Å². The molecule has 0 aromatic carbocycles. The zero-order valence-electron chi connectivity index (χ0n) is 12.2. The Bertz CT molecular complexity index is 541. The number of hydrogen-bond donors (Lipinski definition) is 1. The molecule has 1 aromatic rings. The third kappa shape index (κ3) is 2.79. The largest absolute Gasteiger partial charge is 0.397 e. The van der Waals surface area contributed by atoms with Crippen LogP contribution in [0.4, 0.5) is 5.69 Å². The van der Waals surface area contributed by atoms with E-state index < -0.39 is 0 Å². The summed E-state index contributed by atoms with van der Waals surface area (Å²) in [6.45, 7) is 6.01. The van der Waals surface area contributed by atoms with Crippen LogP contribution in [0, 0.1) is 17.2 Å². The molecule has 5 nitrogen and oxygen atoms in total. The number of carbonyl (C=O) groups is 1. The minimum Gasteiger partial charge on any atom is -0.397 e. The van der Waals surface area contributed by atoms with Gasteiger partial charge in [0, 0.05) is 18.8 Å². The average Bonchev–Trinajstić information content (AvgIpc) is 2.74. The first-order valence-corrected chi connectivity index (χ1v) is 7.22. The molecule has 20 heavy (non-hydrogen) atoms. The Hall–Kier alpha value is -1.96. The van der Waals surface area contributed by atoms with Crippen LogP contribution in [-0.4, -0.2) is 28.5 Å². The summed E-state index contributed by atoms with van der Waals surface area (Å²) >= 11 is 0. The van der Waals surface area contributed by atoms with Gasteiger partial charge in [0.15, 0.2) is 0 Å². The molecule has 1 fully saturated rings. The van der Waals surface area contributed by atoms with Crippen molar-refractivity contribution < 1.29 is 4.79 Å². The molecule has 5 heteroatoms. The SMILES string of the molecule is CCc1c(N)cc(C#N)n1CC(=O)N1CCCC(C)C1. The van der Waals surface area contributed by atoms with Gasteiger partial charge in [0.1, 0.15) is 18.3 Å². The molecule has 1 aliphatic rings. The number of likely N-dealkylation sites (tertiary alicyclic amines) is 1. The first-order valence-electron chi connectivity index (χ1n) is 7.22. The number of carbonyl (C=O) groups excluding carboxylic acids is 1. The van der Waals surface area contributed by atoms with Crippen LogP contribution in [0.25, 0.3) is 0 Å². The number of anilines is 1. The van der Waals surface area contributed by atoms with Crippen LogP contribution < -0.4 is 5.73 Å². The lowest BCUT2D eigenvalue weighted by atomic mass is 10.0. The molecule has 2 rings (SSSR count). The molecule has 2 N–H and O–H groups in total. The maximum atomic E-state index is 12.4. The van der Waals surface area contributed by atoms with Gasteiger partial charge in [-0.25, -0.2) is 0 Å². The number of amides is 1. The Morgan fingerprint density at radius 1 is 1.60 bits per heavy atom. The van der Waals surface area contributed by atoms with E-state index in [-0.39, 0.29) is 12.5 Å². The predicted molar refractivity (Wildman–Crippen MR) is 77.9 cm³/mol. The summed E-state index contributed by atoms with van der Waals surface area (Å²) in [6.07, 6.45) is 2.97. The Kier molecular flexibility index (Phi) is 4.33. The van der Waals surface area contributed by atoms with E-state index in [1.807, 2.05) is 11.8 Å². The summed E-state index contributed by atoms with van der Waals surface area (Å²) in [4.78, 5) is 14.3. The fraction of sp³-hybridized carbons (Fsp3) is 0.600. The molecule has 0 aliphatic carbocycles. The van der Waals surface area contributed by atoms with Crippen molar-refractivity contribution in [3.63, 3.8) is 0 Å². The lowest BCUT2D eigenvalue weighted by molar-refractivity contribution is -0.133. The van der Waals surface area contributed by atoms with Crippen molar-refractivity contribution in [2.75, 3.05) is 18.8 Å². The second kappa shape index (κ2) is 6.00. The van der Waals surface area contributed by atoms with Crippen molar-refractivity contribution in [1.82, 2.24) is 9.47 Å². The van der Waals surface area contributed by atoms with E-state index >= 15 is 0 Å². The monoisotopic (exact) mass is 274 g/mol. The van der Waals surface area contributed by atoms with E-state index in [0.29, 0.717) is 17.3 Å². The van der Waals surface area contributed by atoms with E-state index in [9.17, 15) is 4.79 Å². The standard InChI is InChI=1S/C15H22N4O/c1-3-14-13(17)7-12(8-16)19(14)10-15(20)18-6-4-5-11(2)9-18/h7,11H,3-6,9-10,17H2,1-2H3. The molecule has 0 spiro atoms. The first-order chi connectivity index (χ1) is 9.56. The summed E-state index contributed by atoms with van der Waals surface area (Å²) in [5.41, 5.74) is 7.85. The quantitative estimate of drug-likeness (QED) is 0.912. The molecule has 1 aliphatic heterocycles. The number of aromatic nitrogens is 1. The van der Waals surface area contributed by atoms with Gasteiger partial charge >= 0.3 is 0 Å². The predicted octanol–water partition coefficient (Wildman–Crippen LogP) is 1.76. The highest BCUT2D eigenvalue weighted by Gasteiger charge is 2.23. The lowest BCUT2D eigenvalue weighted by Gasteiger charge is -2.31. The van der Waals surface area contributed by atoms with Gasteiger partial charge < -0.3 is 15.2 Å². The fourth-order valence-electron chi connectivity index (χ4n) is 2.93. The van der Waals surface area contributed by atoms with Crippen LogP contribution in [0.3, 0.4) is 0 Å². The summed E-state index contributed by atoms with van der Waals surface area (Å²) in [5, 5.41) is 9.17. The second-order valence-electron chi connectivity index (χ2n) is 5.57. The van der Waals surface area contributed by atoms with Crippen LogP contribution in [0.1, 0.15) is 38.1 Å². The second-order valence-corrected chi connectivity index (χ2v) is 5.57. The highest BCUT2D eigenvalue weighted by atomic mass is 16.2. The molecular weight excluding hydrogens is 252 g/mol. The highest BCUT2D eigenvalue weighted by molar-refractivity contribution is 5.77. The molecule has 2 heterocycles. The van der Waals surface area contributed by atoms with Crippen molar-refractivity contribution in [1.29, 1.82) is 5.26 Å². The maximum Gasteiger partial charge on any atom is 0.242 e. The summed E-state index contributed by atoms with van der Waals surface area (Å²) < 4.78 is 1.76. The normalized spacial score (nSPS) is 18.9. The number of nitrogen functional groups attached to an aromatic ring is 1. The zero-order chi connectivity index (χ0) is 14.7. The van der Waals surface area contributed by atoms with Gasteiger partial charge in [0.25, 0.3) is 0 Å². The topological polar surface area (TPSA) is 75.0 Å². The molecule has 1 unspecified atom stereocenters. The van der Waals surface area contributed by atoms with Crippen molar-refractivity contribution in [3.05, 3.63) is 17.5 Å². The summed E-state index contributed by atoms with van der Waals surface area (Å²) in [7, 11) is 0. The molecule has 1 atom stereocenters. The molecule has 1 aromatic heterocycles. The third-order valence-corrected chi connectivity index (χ3v) is 3.99. The molecule has 108 valence electrons. The van der Waals surface area contributed by atoms with Crippen LogP contribution in [0.15, 0.2) is 6.07 Å². The highest BCUT2D eigenvalue weighted by Crippen LogP contribution is 2.20. The summed E-state index contributed by atoms with van der Waals surface area (Å²) in [5.74, 6) is 0.641. The van der Waals surface area contributed by atoms with Gasteiger partial charge in [-0.15, -0.1) is 0 Å². The smallest absolute Gasteiger partial charge is 0.242 e. The molecule has 0 saturated carbocycles. The minimum absolute atomic E-state index is 0.0818. The Morgan fingerprint density at radius 3 is 2.95 bits per heavy atom. The van der Waals surface area contributed by atoms with E-state index in [2.05, 4.69) is 13.0 Å². The number of piperidine rings is 1. The summed E-state index contributed by atoms with van der Waals surface area (Å²) in [6, 6.07) is 3.78. The number of hydrogen-bond acceptors (Lipinski definition) is 3. The number of nitrogens with zero attached hydrogens (tertiary/aromatic N) is 3. The fourth-order valence-corrected chi connectivity index (χ4v) is 2.93. The van der Waals surface area contributed by atoms with E-state index in [1.54, 1.807) is 10.6 Å². The Morgan fingerprint density at radius 2 is 2.35 bits per heavy atom. The van der Waals surface area contributed by atoms with Gasteiger partial charge in [-0.2, -0.15) is 5.26 Å². The maximum absolute atomic E-state index is 12.4. The molecule has 1 amide bonds. The van der Waals surface area contributed by atoms with Crippen molar-refractivity contribution in [2.24, 2.45) is 5.92 Å². The van der Waals surface area contributed by atoms with Crippen LogP contribution in [-0.2, 0) is 17.8 Å². The van der Waals surface area contributed by atoms with E-state index in [1.165, 1.54) is 6.42 Å². The van der Waals surface area contributed by atoms with Crippen molar-refractivity contribution in [2.45, 2.75) is 39.7 Å². The third-order valence-electron chi connectivity index (χ3n) is 3.99. The van der Waals surface area contributed by atoms with Crippen LogP contribution >= 0.6 is 0 Å². The van der Waals surface area contributed by atoms with Gasteiger partial charge in [0.05, 0.1) is 5.69 Å². The van der Waals surface area contributed by atoms with Crippen molar-refractivity contribution in [3.8, 4) is 6.07 Å². The number of rotatable bonds is 3. The van der Waals surface area contributed by atoms with Gasteiger partial charge in [-0.1, -0.05) is 13.8 Å².